The molecule has 1 heterocycles. The van der Waals surface area contributed by atoms with E-state index < -0.39 is 23.8 Å². The van der Waals surface area contributed by atoms with Crippen LogP contribution in [0, 0.1) is 0 Å². The number of carboxylic acids is 1. The first kappa shape index (κ1) is 11.0. The largest absolute Gasteiger partial charge is 0.476 e. The van der Waals surface area contributed by atoms with E-state index in [0.717, 1.165) is 30.4 Å². The summed E-state index contributed by atoms with van der Waals surface area (Å²) < 4.78 is 26.6. The number of aromatic carboxylic acids is 1. The zero-order valence-corrected chi connectivity index (χ0v) is 8.44. The van der Waals surface area contributed by atoms with Gasteiger partial charge in [-0.15, -0.1) is 5.10 Å². The Kier molecular flexibility index (Phi) is 2.84. The Labute approximate surface area is 90.1 Å². The maximum absolute atomic E-state index is 12.8. The topological polar surface area (TPSA) is 68.0 Å². The Morgan fingerprint density at radius 3 is 2.56 bits per heavy atom. The molecule has 0 radical (unpaired) electrons. The second-order valence-corrected chi connectivity index (χ2v) is 3.81. The van der Waals surface area contributed by atoms with Crippen LogP contribution in [0.25, 0.3) is 0 Å². The van der Waals surface area contributed by atoms with Gasteiger partial charge in [0.2, 0.25) is 0 Å². The summed E-state index contributed by atoms with van der Waals surface area (Å²) in [6, 6.07) is -0.135. The van der Waals surface area contributed by atoms with Gasteiger partial charge in [0, 0.05) is 0 Å². The van der Waals surface area contributed by atoms with Crippen molar-refractivity contribution < 1.29 is 18.7 Å². The minimum absolute atomic E-state index is 0.135. The first-order chi connectivity index (χ1) is 7.61. The molecule has 0 saturated heterocycles. The Balaban J connectivity index is 2.40. The fraction of sp³-hybridized carbons (Fsp3) is 0.667. The van der Waals surface area contributed by atoms with E-state index in [1.54, 1.807) is 0 Å². The lowest BCUT2D eigenvalue weighted by Gasteiger charge is -2.12. The summed E-state index contributed by atoms with van der Waals surface area (Å²) in [7, 11) is 0. The van der Waals surface area contributed by atoms with Crippen molar-refractivity contribution >= 4 is 5.97 Å². The van der Waals surface area contributed by atoms with Crippen molar-refractivity contribution in [3.8, 4) is 0 Å². The van der Waals surface area contributed by atoms with Gasteiger partial charge in [-0.05, 0) is 12.8 Å². The highest BCUT2D eigenvalue weighted by atomic mass is 19.3. The van der Waals surface area contributed by atoms with Gasteiger partial charge in [-0.25, -0.2) is 18.3 Å². The lowest BCUT2D eigenvalue weighted by Crippen LogP contribution is -2.13. The van der Waals surface area contributed by atoms with Gasteiger partial charge in [0.15, 0.2) is 5.69 Å². The molecule has 1 aliphatic carbocycles. The molecule has 0 atom stereocenters. The lowest BCUT2D eigenvalue weighted by molar-refractivity contribution is 0.0675. The second kappa shape index (κ2) is 4.15. The Morgan fingerprint density at radius 2 is 2.06 bits per heavy atom. The van der Waals surface area contributed by atoms with E-state index >= 15 is 0 Å². The van der Waals surface area contributed by atoms with Gasteiger partial charge in [-0.1, -0.05) is 18.1 Å². The molecule has 0 spiro atoms. The quantitative estimate of drug-likeness (QED) is 0.864. The van der Waals surface area contributed by atoms with Crippen LogP contribution in [0.2, 0.25) is 0 Å². The molecule has 0 unspecified atom stereocenters. The molecule has 1 N–H and O–H groups in total. The van der Waals surface area contributed by atoms with Crippen LogP contribution in [0.1, 0.15) is 54.3 Å². The van der Waals surface area contributed by atoms with Crippen molar-refractivity contribution in [2.75, 3.05) is 0 Å². The molecule has 0 amide bonds. The molecule has 7 heteroatoms. The third kappa shape index (κ3) is 1.77. The van der Waals surface area contributed by atoms with Crippen molar-refractivity contribution in [3.63, 3.8) is 0 Å². The number of nitrogens with zero attached hydrogens (tertiary/aromatic N) is 3. The predicted molar refractivity (Wildman–Crippen MR) is 49.4 cm³/mol. The molecule has 0 aliphatic heterocycles. The number of halogens is 2. The number of carbonyl (C=O) groups is 1. The molecule has 5 nitrogen and oxygen atoms in total. The number of aromatic nitrogens is 3. The molecule has 2 rings (SSSR count). The van der Waals surface area contributed by atoms with Gasteiger partial charge >= 0.3 is 5.97 Å². The van der Waals surface area contributed by atoms with Gasteiger partial charge in [-0.3, -0.25) is 0 Å². The minimum Gasteiger partial charge on any atom is -0.476 e. The molecule has 0 aromatic carbocycles. The molecule has 1 aliphatic rings. The Morgan fingerprint density at radius 1 is 1.44 bits per heavy atom. The van der Waals surface area contributed by atoms with E-state index in [9.17, 15) is 13.6 Å². The van der Waals surface area contributed by atoms with Crippen molar-refractivity contribution in [3.05, 3.63) is 11.4 Å². The van der Waals surface area contributed by atoms with E-state index in [1.807, 2.05) is 0 Å². The van der Waals surface area contributed by atoms with Gasteiger partial charge in [0.05, 0.1) is 6.04 Å². The smallest absolute Gasteiger partial charge is 0.358 e. The fourth-order valence-corrected chi connectivity index (χ4v) is 2.08. The summed E-state index contributed by atoms with van der Waals surface area (Å²) in [5.41, 5.74) is -1.21. The average Bonchev–Trinajstić information content (AvgIpc) is 2.85. The van der Waals surface area contributed by atoms with E-state index in [0.29, 0.717) is 0 Å². The van der Waals surface area contributed by atoms with Crippen LogP contribution >= 0.6 is 0 Å². The van der Waals surface area contributed by atoms with Crippen molar-refractivity contribution in [2.24, 2.45) is 0 Å². The van der Waals surface area contributed by atoms with Crippen LogP contribution in [0.5, 0.6) is 0 Å². The Hall–Kier alpha value is -1.53. The van der Waals surface area contributed by atoms with Crippen molar-refractivity contribution in [1.82, 2.24) is 15.0 Å². The van der Waals surface area contributed by atoms with E-state index in [1.165, 1.54) is 0 Å². The molecular weight excluding hydrogens is 220 g/mol. The second-order valence-electron chi connectivity index (χ2n) is 3.81. The minimum atomic E-state index is -2.86. The van der Waals surface area contributed by atoms with Crippen molar-refractivity contribution in [2.45, 2.75) is 38.2 Å². The zero-order chi connectivity index (χ0) is 11.7. The average molecular weight is 231 g/mol. The summed E-state index contributed by atoms with van der Waals surface area (Å²) in [6.07, 6.45) is 0.553. The molecule has 1 aromatic rings. The molecule has 1 fully saturated rings. The highest BCUT2D eigenvalue weighted by Crippen LogP contribution is 2.33. The predicted octanol–water partition coefficient (Wildman–Crippen LogP) is 2.03. The van der Waals surface area contributed by atoms with Crippen LogP contribution in [-0.2, 0) is 0 Å². The summed E-state index contributed by atoms with van der Waals surface area (Å²) in [6.45, 7) is 0. The fourth-order valence-electron chi connectivity index (χ4n) is 2.08. The number of hydrogen-bond donors (Lipinski definition) is 1. The van der Waals surface area contributed by atoms with Crippen LogP contribution in [-0.4, -0.2) is 26.1 Å². The summed E-state index contributed by atoms with van der Waals surface area (Å²) in [4.78, 5) is 10.7. The summed E-state index contributed by atoms with van der Waals surface area (Å²) >= 11 is 0. The summed E-state index contributed by atoms with van der Waals surface area (Å²) in [5, 5.41) is 15.6. The first-order valence-corrected chi connectivity index (χ1v) is 5.07. The van der Waals surface area contributed by atoms with Gasteiger partial charge < -0.3 is 5.11 Å². The van der Waals surface area contributed by atoms with E-state index in [-0.39, 0.29) is 6.04 Å². The highest BCUT2D eigenvalue weighted by Gasteiger charge is 2.30. The lowest BCUT2D eigenvalue weighted by atomic mass is 10.2. The molecular formula is C9H11F2N3O2. The SMILES string of the molecule is O=C(O)c1nnn(C2CCCC2)c1C(F)F. The standard InChI is InChI=1S/C9H11F2N3O2/c10-8(11)7-6(9(15)16)12-13-14(7)5-3-1-2-4-5/h5,8H,1-4H2,(H,15,16). The Bertz CT molecular complexity index is 399. The molecule has 0 bridgehead atoms. The maximum atomic E-state index is 12.8. The highest BCUT2D eigenvalue weighted by molar-refractivity contribution is 5.86. The van der Waals surface area contributed by atoms with Crippen LogP contribution in [0.3, 0.4) is 0 Å². The zero-order valence-electron chi connectivity index (χ0n) is 8.44. The van der Waals surface area contributed by atoms with Gasteiger partial charge in [-0.2, -0.15) is 0 Å². The number of carboxylic acid groups (broad SMARTS) is 1. The number of alkyl halides is 2. The normalized spacial score (nSPS) is 17.2. The molecule has 1 aromatic heterocycles. The van der Waals surface area contributed by atoms with Gasteiger partial charge in [0.1, 0.15) is 5.69 Å². The van der Waals surface area contributed by atoms with E-state index in [2.05, 4.69) is 10.3 Å². The number of hydrogen-bond acceptors (Lipinski definition) is 3. The third-order valence-electron chi connectivity index (χ3n) is 2.81. The van der Waals surface area contributed by atoms with Crippen LogP contribution in [0.4, 0.5) is 8.78 Å². The first-order valence-electron chi connectivity index (χ1n) is 5.07. The number of rotatable bonds is 3. The molecule has 1 saturated carbocycles. The monoisotopic (exact) mass is 231 g/mol. The maximum Gasteiger partial charge on any atom is 0.358 e. The van der Waals surface area contributed by atoms with E-state index in [4.69, 9.17) is 5.11 Å². The summed E-state index contributed by atoms with van der Waals surface area (Å²) in [5.74, 6) is -1.46. The van der Waals surface area contributed by atoms with Crippen molar-refractivity contribution in [1.29, 1.82) is 0 Å². The third-order valence-corrected chi connectivity index (χ3v) is 2.81. The van der Waals surface area contributed by atoms with Crippen LogP contribution < -0.4 is 0 Å². The van der Waals surface area contributed by atoms with Crippen LogP contribution in [0.15, 0.2) is 0 Å². The molecule has 88 valence electrons. The molecule has 16 heavy (non-hydrogen) atoms. The van der Waals surface area contributed by atoms with Gasteiger partial charge in [0.25, 0.3) is 6.43 Å².